The molecule has 2 saturated heterocycles. The van der Waals surface area contributed by atoms with Crippen LogP contribution in [0.5, 0.6) is 0 Å². The van der Waals surface area contributed by atoms with E-state index in [-0.39, 0.29) is 5.91 Å². The monoisotopic (exact) mass is 311 g/mol. The van der Waals surface area contributed by atoms with Gasteiger partial charge in [0.1, 0.15) is 6.54 Å². The van der Waals surface area contributed by atoms with E-state index in [1.54, 1.807) is 0 Å². The first-order valence-corrected chi connectivity index (χ1v) is 8.66. The zero-order chi connectivity index (χ0) is 16.0. The highest BCUT2D eigenvalue weighted by Gasteiger charge is 2.39. The van der Waals surface area contributed by atoms with E-state index < -0.39 is 0 Å². The van der Waals surface area contributed by atoms with Crippen LogP contribution in [0.2, 0.25) is 0 Å². The first-order valence-electron chi connectivity index (χ1n) is 8.66. The summed E-state index contributed by atoms with van der Waals surface area (Å²) in [4.78, 5) is 17.5. The van der Waals surface area contributed by atoms with E-state index in [2.05, 4.69) is 52.6 Å². The molecule has 0 saturated carbocycles. The van der Waals surface area contributed by atoms with E-state index in [0.29, 0.717) is 18.5 Å². The Balaban J connectivity index is 1.58. The molecule has 2 aliphatic heterocycles. The molecule has 0 bridgehead atoms. The van der Waals surface area contributed by atoms with Crippen LogP contribution in [0.4, 0.5) is 0 Å². The van der Waals surface area contributed by atoms with Crippen LogP contribution in [-0.4, -0.2) is 53.0 Å². The third-order valence-corrected chi connectivity index (χ3v) is 5.59. The van der Waals surface area contributed by atoms with Gasteiger partial charge < -0.3 is 14.4 Å². The highest BCUT2D eigenvalue weighted by Crippen LogP contribution is 2.30. The summed E-state index contributed by atoms with van der Waals surface area (Å²) in [5.41, 5.74) is 2.33. The van der Waals surface area contributed by atoms with Crippen molar-refractivity contribution in [3.63, 3.8) is 0 Å². The van der Waals surface area contributed by atoms with E-state index in [9.17, 15) is 4.79 Å². The third kappa shape index (κ3) is 2.55. The molecule has 122 valence electrons. The predicted molar refractivity (Wildman–Crippen MR) is 92.4 cm³/mol. The number of likely N-dealkylation sites (N-methyl/N-ethyl adjacent to an activating group) is 1. The molecule has 4 heteroatoms. The highest BCUT2D eigenvalue weighted by atomic mass is 16.2. The lowest BCUT2D eigenvalue weighted by Gasteiger charge is -2.37. The predicted octanol–water partition coefficient (Wildman–Crippen LogP) is 2.50. The normalized spacial score (nSPS) is 25.0. The summed E-state index contributed by atoms with van der Waals surface area (Å²) in [5, 5.41) is 1.22. The molecule has 23 heavy (non-hydrogen) atoms. The fourth-order valence-electron chi connectivity index (χ4n) is 4.49. The maximum Gasteiger partial charge on any atom is 0.242 e. The molecule has 2 aliphatic rings. The molecule has 0 N–H and O–H groups in total. The van der Waals surface area contributed by atoms with Crippen LogP contribution in [0, 0.1) is 12.8 Å². The number of likely N-dealkylation sites (tertiary alicyclic amines) is 2. The average Bonchev–Trinajstić information content (AvgIpc) is 3.06. The number of hydrogen-bond donors (Lipinski definition) is 0. The van der Waals surface area contributed by atoms with Crippen molar-refractivity contribution >= 4 is 16.8 Å². The Hall–Kier alpha value is -1.81. The van der Waals surface area contributed by atoms with Gasteiger partial charge in [0.15, 0.2) is 0 Å². The number of aryl methyl sites for hydroxylation is 1. The zero-order valence-corrected chi connectivity index (χ0v) is 14.0. The smallest absolute Gasteiger partial charge is 0.242 e. The zero-order valence-electron chi connectivity index (χ0n) is 14.0. The van der Waals surface area contributed by atoms with Crippen molar-refractivity contribution in [1.82, 2.24) is 14.4 Å². The molecular formula is C19H25N3O. The van der Waals surface area contributed by atoms with Crippen molar-refractivity contribution in [3.05, 3.63) is 36.0 Å². The Morgan fingerprint density at radius 1 is 1.26 bits per heavy atom. The van der Waals surface area contributed by atoms with Crippen molar-refractivity contribution < 1.29 is 4.79 Å². The number of hydrogen-bond acceptors (Lipinski definition) is 2. The molecule has 3 heterocycles. The van der Waals surface area contributed by atoms with Crippen molar-refractivity contribution in [2.45, 2.75) is 32.4 Å². The molecule has 0 aliphatic carbocycles. The van der Waals surface area contributed by atoms with Gasteiger partial charge >= 0.3 is 0 Å². The quantitative estimate of drug-likeness (QED) is 0.852. The maximum atomic E-state index is 13.0. The molecular weight excluding hydrogens is 286 g/mol. The summed E-state index contributed by atoms with van der Waals surface area (Å²) in [6, 6.07) is 10.9. The second kappa shape index (κ2) is 5.68. The lowest BCUT2D eigenvalue weighted by molar-refractivity contribution is -0.136. The van der Waals surface area contributed by atoms with Gasteiger partial charge in [-0.05, 0) is 50.2 Å². The number of nitrogens with zero attached hydrogens (tertiary/aromatic N) is 3. The number of amides is 1. The summed E-state index contributed by atoms with van der Waals surface area (Å²) in [7, 11) is 2.17. The number of benzene rings is 1. The first kappa shape index (κ1) is 14.8. The highest BCUT2D eigenvalue weighted by molar-refractivity contribution is 5.84. The second-order valence-electron chi connectivity index (χ2n) is 7.21. The van der Waals surface area contributed by atoms with Crippen LogP contribution in [-0.2, 0) is 11.3 Å². The van der Waals surface area contributed by atoms with E-state index in [4.69, 9.17) is 0 Å². The lowest BCUT2D eigenvalue weighted by atomic mass is 9.92. The maximum absolute atomic E-state index is 13.0. The number of fused-ring (bicyclic) bond motifs is 2. The summed E-state index contributed by atoms with van der Waals surface area (Å²) < 4.78 is 2.17. The molecule has 4 nitrogen and oxygen atoms in total. The minimum Gasteiger partial charge on any atom is -0.337 e. The van der Waals surface area contributed by atoms with Gasteiger partial charge in [-0.3, -0.25) is 4.79 Å². The lowest BCUT2D eigenvalue weighted by Crippen LogP contribution is -2.49. The van der Waals surface area contributed by atoms with Crippen molar-refractivity contribution in [2.24, 2.45) is 5.92 Å². The minimum atomic E-state index is 0.277. The Morgan fingerprint density at radius 2 is 2.09 bits per heavy atom. The standard InChI is InChI=1S/C19H25N3O/c1-14-10-15-6-3-4-8-17(15)22(14)13-19(23)21-9-5-7-16-11-20(2)12-18(16)21/h3-4,6,8,10,16,18H,5,7,9,11-13H2,1-2H3/t16-,18+/m0/s1. The van der Waals surface area contributed by atoms with Crippen LogP contribution >= 0.6 is 0 Å². The van der Waals surface area contributed by atoms with Gasteiger partial charge in [0.25, 0.3) is 0 Å². The van der Waals surface area contributed by atoms with Gasteiger partial charge in [-0.2, -0.15) is 0 Å². The van der Waals surface area contributed by atoms with E-state index >= 15 is 0 Å². The van der Waals surface area contributed by atoms with Crippen LogP contribution in [0.1, 0.15) is 18.5 Å². The third-order valence-electron chi connectivity index (χ3n) is 5.59. The molecule has 1 amide bonds. The largest absolute Gasteiger partial charge is 0.337 e. The number of para-hydroxylation sites is 1. The van der Waals surface area contributed by atoms with Crippen LogP contribution in [0.25, 0.3) is 10.9 Å². The van der Waals surface area contributed by atoms with Gasteiger partial charge in [0.05, 0.1) is 0 Å². The number of aromatic nitrogens is 1. The van der Waals surface area contributed by atoms with Gasteiger partial charge in [0, 0.05) is 36.9 Å². The van der Waals surface area contributed by atoms with Gasteiger partial charge in [-0.1, -0.05) is 18.2 Å². The Morgan fingerprint density at radius 3 is 2.96 bits per heavy atom. The van der Waals surface area contributed by atoms with Crippen LogP contribution in [0.3, 0.4) is 0 Å². The first-order chi connectivity index (χ1) is 11.1. The summed E-state index contributed by atoms with van der Waals surface area (Å²) in [6.45, 7) is 5.65. The molecule has 1 aromatic heterocycles. The summed E-state index contributed by atoms with van der Waals surface area (Å²) in [5.74, 6) is 0.944. The summed E-state index contributed by atoms with van der Waals surface area (Å²) >= 11 is 0. The number of carbonyl (C=O) groups excluding carboxylic acids is 1. The Kier molecular flexibility index (Phi) is 3.64. The van der Waals surface area contributed by atoms with Crippen molar-refractivity contribution in [2.75, 3.05) is 26.7 Å². The van der Waals surface area contributed by atoms with Gasteiger partial charge in [-0.15, -0.1) is 0 Å². The van der Waals surface area contributed by atoms with Crippen molar-refractivity contribution in [3.8, 4) is 0 Å². The molecule has 0 spiro atoms. The minimum absolute atomic E-state index is 0.277. The molecule has 2 aromatic rings. The summed E-state index contributed by atoms with van der Waals surface area (Å²) in [6.07, 6.45) is 2.41. The average molecular weight is 311 g/mol. The van der Waals surface area contributed by atoms with Crippen LogP contribution < -0.4 is 0 Å². The van der Waals surface area contributed by atoms with E-state index in [1.807, 2.05) is 6.07 Å². The Labute approximate surface area is 137 Å². The fourth-order valence-corrected chi connectivity index (χ4v) is 4.49. The van der Waals surface area contributed by atoms with Crippen molar-refractivity contribution in [1.29, 1.82) is 0 Å². The molecule has 0 unspecified atom stereocenters. The number of piperidine rings is 1. The number of rotatable bonds is 2. The Bertz CT molecular complexity index is 735. The molecule has 4 rings (SSSR count). The topological polar surface area (TPSA) is 28.5 Å². The van der Waals surface area contributed by atoms with E-state index in [1.165, 1.54) is 11.8 Å². The fraction of sp³-hybridized carbons (Fsp3) is 0.526. The second-order valence-corrected chi connectivity index (χ2v) is 7.21. The molecule has 1 aromatic carbocycles. The molecule has 0 radical (unpaired) electrons. The van der Waals surface area contributed by atoms with E-state index in [0.717, 1.165) is 37.3 Å². The van der Waals surface area contributed by atoms with Crippen LogP contribution in [0.15, 0.2) is 30.3 Å². The van der Waals surface area contributed by atoms with Gasteiger partial charge in [0.2, 0.25) is 5.91 Å². The molecule has 2 fully saturated rings. The van der Waals surface area contributed by atoms with Gasteiger partial charge in [-0.25, -0.2) is 0 Å². The molecule has 2 atom stereocenters. The number of carbonyl (C=O) groups is 1. The SMILES string of the molecule is Cc1cc2ccccc2n1CC(=O)N1CCC[C@H]2CN(C)C[C@H]21.